The highest BCUT2D eigenvalue weighted by molar-refractivity contribution is 7.98. The Morgan fingerprint density at radius 1 is 1.35 bits per heavy atom. The zero-order valence-electron chi connectivity index (χ0n) is 12.0. The maximum Gasteiger partial charge on any atom is 0.0587 e. The van der Waals surface area contributed by atoms with Gasteiger partial charge in [0.05, 0.1) is 12.8 Å². The van der Waals surface area contributed by atoms with Gasteiger partial charge in [-0.05, 0) is 17.7 Å². The van der Waals surface area contributed by atoms with Crippen molar-refractivity contribution in [1.29, 1.82) is 0 Å². The Hall–Kier alpha value is -1.30. The molecule has 2 aromatic rings. The number of nitrogens with zero attached hydrogens (tertiary/aromatic N) is 2. The maximum absolute atomic E-state index is 5.02. The summed E-state index contributed by atoms with van der Waals surface area (Å²) in [5, 5.41) is 7.55. The van der Waals surface area contributed by atoms with E-state index in [2.05, 4.69) is 40.9 Å². The Kier molecular flexibility index (Phi) is 6.11. The van der Waals surface area contributed by atoms with Crippen molar-refractivity contribution in [2.24, 2.45) is 7.05 Å². The van der Waals surface area contributed by atoms with Crippen LogP contribution >= 0.6 is 11.8 Å². The van der Waals surface area contributed by atoms with Gasteiger partial charge in [-0.1, -0.05) is 12.1 Å². The Labute approximate surface area is 124 Å². The zero-order chi connectivity index (χ0) is 14.2. The first-order valence-corrected chi connectivity index (χ1v) is 7.65. The van der Waals surface area contributed by atoms with E-state index in [1.165, 1.54) is 16.0 Å². The van der Waals surface area contributed by atoms with Crippen molar-refractivity contribution in [3.05, 3.63) is 47.8 Å². The molecule has 0 aliphatic heterocycles. The molecule has 5 heteroatoms. The lowest BCUT2D eigenvalue weighted by atomic mass is 10.2. The minimum Gasteiger partial charge on any atom is -0.383 e. The van der Waals surface area contributed by atoms with E-state index in [0.717, 1.165) is 25.4 Å². The number of rotatable bonds is 8. The van der Waals surface area contributed by atoms with Crippen LogP contribution in [0.2, 0.25) is 0 Å². The first kappa shape index (κ1) is 15.1. The van der Waals surface area contributed by atoms with Gasteiger partial charge in [0.15, 0.2) is 0 Å². The smallest absolute Gasteiger partial charge is 0.0587 e. The van der Waals surface area contributed by atoms with E-state index in [4.69, 9.17) is 4.74 Å². The quantitative estimate of drug-likeness (QED) is 0.599. The summed E-state index contributed by atoms with van der Waals surface area (Å²) in [5.41, 5.74) is 2.55. The van der Waals surface area contributed by atoms with Crippen molar-refractivity contribution in [3.8, 4) is 0 Å². The Morgan fingerprint density at radius 2 is 2.25 bits per heavy atom. The third-order valence-electron chi connectivity index (χ3n) is 2.87. The van der Waals surface area contributed by atoms with E-state index < -0.39 is 0 Å². The molecule has 2 rings (SSSR count). The first-order valence-electron chi connectivity index (χ1n) is 6.67. The summed E-state index contributed by atoms with van der Waals surface area (Å²) in [4.78, 5) is 1.29. The third kappa shape index (κ3) is 5.00. The first-order chi connectivity index (χ1) is 9.78. The van der Waals surface area contributed by atoms with Crippen LogP contribution in [-0.4, -0.2) is 30.0 Å². The highest BCUT2D eigenvalue weighted by Gasteiger charge is 2.00. The Morgan fingerprint density at radius 3 is 3.00 bits per heavy atom. The molecule has 0 atom stereocenters. The fourth-order valence-electron chi connectivity index (χ4n) is 1.87. The Bertz CT molecular complexity index is 527. The summed E-state index contributed by atoms with van der Waals surface area (Å²) >= 11 is 1.84. The molecule has 0 aliphatic carbocycles. The molecule has 0 spiro atoms. The molecule has 4 nitrogen and oxygen atoms in total. The second-order valence-electron chi connectivity index (χ2n) is 4.63. The van der Waals surface area contributed by atoms with Gasteiger partial charge in [0.25, 0.3) is 0 Å². The lowest BCUT2D eigenvalue weighted by molar-refractivity contribution is 0.199. The number of hydrogen-bond acceptors (Lipinski definition) is 4. The molecule has 1 aromatic carbocycles. The number of aryl methyl sites for hydroxylation is 1. The SMILES string of the molecule is COCCNCc1cccc(SCc2cnn(C)c2)c1. The highest BCUT2D eigenvalue weighted by Crippen LogP contribution is 2.23. The molecule has 0 radical (unpaired) electrons. The van der Waals surface area contributed by atoms with E-state index in [-0.39, 0.29) is 0 Å². The molecule has 0 aliphatic rings. The molecular formula is C15H21N3OS. The summed E-state index contributed by atoms with van der Waals surface area (Å²) in [7, 11) is 3.66. The van der Waals surface area contributed by atoms with Crippen LogP contribution in [0.3, 0.4) is 0 Å². The van der Waals surface area contributed by atoms with Gasteiger partial charge in [0.2, 0.25) is 0 Å². The van der Waals surface area contributed by atoms with E-state index in [1.807, 2.05) is 29.7 Å². The lowest BCUT2D eigenvalue weighted by Gasteiger charge is -2.06. The summed E-state index contributed by atoms with van der Waals surface area (Å²) in [5.74, 6) is 0.953. The predicted molar refractivity (Wildman–Crippen MR) is 82.8 cm³/mol. The van der Waals surface area contributed by atoms with Crippen LogP contribution in [0.1, 0.15) is 11.1 Å². The standard InChI is InChI=1S/C15H21N3OS/c1-18-11-14(10-17-18)12-20-15-5-3-4-13(8-15)9-16-6-7-19-2/h3-5,8,10-11,16H,6-7,9,12H2,1-2H3. The van der Waals surface area contributed by atoms with Gasteiger partial charge in [0, 0.05) is 49.7 Å². The molecule has 0 saturated heterocycles. The summed E-state index contributed by atoms with van der Waals surface area (Å²) in [6.45, 7) is 2.50. The van der Waals surface area contributed by atoms with Crippen LogP contribution in [0.5, 0.6) is 0 Å². The highest BCUT2D eigenvalue weighted by atomic mass is 32.2. The molecule has 0 bridgehead atoms. The average molecular weight is 291 g/mol. The monoisotopic (exact) mass is 291 g/mol. The number of nitrogens with one attached hydrogen (secondary N) is 1. The molecule has 0 unspecified atom stereocenters. The van der Waals surface area contributed by atoms with Crippen LogP contribution in [0.4, 0.5) is 0 Å². The summed E-state index contributed by atoms with van der Waals surface area (Å²) in [6.07, 6.45) is 3.98. The van der Waals surface area contributed by atoms with Crippen molar-refractivity contribution in [2.75, 3.05) is 20.3 Å². The number of hydrogen-bond donors (Lipinski definition) is 1. The van der Waals surface area contributed by atoms with E-state index in [0.29, 0.717) is 0 Å². The van der Waals surface area contributed by atoms with Gasteiger partial charge in [-0.2, -0.15) is 5.10 Å². The van der Waals surface area contributed by atoms with Crippen LogP contribution in [-0.2, 0) is 24.1 Å². The van der Waals surface area contributed by atoms with Gasteiger partial charge in [0.1, 0.15) is 0 Å². The van der Waals surface area contributed by atoms with Gasteiger partial charge >= 0.3 is 0 Å². The number of ether oxygens (including phenoxy) is 1. The second-order valence-corrected chi connectivity index (χ2v) is 5.68. The van der Waals surface area contributed by atoms with Crippen LogP contribution in [0.25, 0.3) is 0 Å². The van der Waals surface area contributed by atoms with Crippen molar-refractivity contribution >= 4 is 11.8 Å². The van der Waals surface area contributed by atoms with Crippen LogP contribution < -0.4 is 5.32 Å². The molecule has 1 aromatic heterocycles. The number of thioether (sulfide) groups is 1. The van der Waals surface area contributed by atoms with Crippen molar-refractivity contribution in [2.45, 2.75) is 17.2 Å². The van der Waals surface area contributed by atoms with Gasteiger partial charge in [-0.15, -0.1) is 11.8 Å². The minimum absolute atomic E-state index is 0.745. The van der Waals surface area contributed by atoms with Crippen molar-refractivity contribution in [1.82, 2.24) is 15.1 Å². The molecule has 0 fully saturated rings. The Balaban J connectivity index is 1.82. The normalized spacial score (nSPS) is 10.9. The molecule has 0 saturated carbocycles. The van der Waals surface area contributed by atoms with E-state index in [9.17, 15) is 0 Å². The third-order valence-corrected chi connectivity index (χ3v) is 3.94. The molecular weight excluding hydrogens is 270 g/mol. The van der Waals surface area contributed by atoms with Gasteiger partial charge in [-0.3, -0.25) is 4.68 Å². The maximum atomic E-state index is 5.02. The number of benzene rings is 1. The average Bonchev–Trinajstić information content (AvgIpc) is 2.88. The molecule has 1 heterocycles. The van der Waals surface area contributed by atoms with Crippen molar-refractivity contribution < 1.29 is 4.74 Å². The second kappa shape index (κ2) is 8.09. The van der Waals surface area contributed by atoms with Gasteiger partial charge in [-0.25, -0.2) is 0 Å². The minimum atomic E-state index is 0.745. The van der Waals surface area contributed by atoms with Crippen LogP contribution in [0.15, 0.2) is 41.6 Å². The lowest BCUT2D eigenvalue weighted by Crippen LogP contribution is -2.18. The van der Waals surface area contributed by atoms with Gasteiger partial charge < -0.3 is 10.1 Å². The fraction of sp³-hybridized carbons (Fsp3) is 0.400. The van der Waals surface area contributed by atoms with Crippen LogP contribution in [0, 0.1) is 0 Å². The number of aromatic nitrogens is 2. The van der Waals surface area contributed by atoms with E-state index >= 15 is 0 Å². The number of methoxy groups -OCH3 is 1. The summed E-state index contributed by atoms with van der Waals surface area (Å²) < 4.78 is 6.86. The molecule has 108 valence electrons. The summed E-state index contributed by atoms with van der Waals surface area (Å²) in [6, 6.07) is 8.65. The molecule has 20 heavy (non-hydrogen) atoms. The molecule has 0 amide bonds. The van der Waals surface area contributed by atoms with E-state index in [1.54, 1.807) is 7.11 Å². The molecule has 1 N–H and O–H groups in total. The largest absolute Gasteiger partial charge is 0.383 e. The zero-order valence-corrected chi connectivity index (χ0v) is 12.8. The van der Waals surface area contributed by atoms with Crippen molar-refractivity contribution in [3.63, 3.8) is 0 Å². The topological polar surface area (TPSA) is 39.1 Å². The predicted octanol–water partition coefficient (Wildman–Crippen LogP) is 2.45. The fourth-order valence-corrected chi connectivity index (χ4v) is 2.76.